The third kappa shape index (κ3) is 2.46. The Morgan fingerprint density at radius 1 is 1.31 bits per heavy atom. The molecular weight excluding hydrogens is 200 g/mol. The van der Waals surface area contributed by atoms with E-state index in [0.717, 1.165) is 38.8 Å². The first-order valence-corrected chi connectivity index (χ1v) is 6.38. The highest BCUT2D eigenvalue weighted by Gasteiger charge is 2.29. The first kappa shape index (κ1) is 11.6. The third-order valence-electron chi connectivity index (χ3n) is 3.95. The molecule has 1 heterocycles. The van der Waals surface area contributed by atoms with Gasteiger partial charge in [-0.2, -0.15) is 0 Å². The molecular formula is C13H22N2O. The molecule has 2 rings (SSSR count). The van der Waals surface area contributed by atoms with Gasteiger partial charge in [-0.15, -0.1) is 0 Å². The van der Waals surface area contributed by atoms with E-state index >= 15 is 0 Å². The number of amides is 1. The summed E-state index contributed by atoms with van der Waals surface area (Å²) in [5.74, 6) is 1.19. The summed E-state index contributed by atoms with van der Waals surface area (Å²) in [5, 5.41) is 0. The maximum Gasteiger partial charge on any atom is 0.226 e. The third-order valence-corrected chi connectivity index (χ3v) is 3.95. The van der Waals surface area contributed by atoms with Crippen molar-refractivity contribution in [1.29, 1.82) is 0 Å². The molecule has 0 aromatic carbocycles. The topological polar surface area (TPSA) is 46.3 Å². The van der Waals surface area contributed by atoms with Gasteiger partial charge >= 0.3 is 0 Å². The number of hydrogen-bond acceptors (Lipinski definition) is 2. The number of carbonyl (C=O) groups excluding carboxylic acids is 1. The first-order valence-electron chi connectivity index (χ1n) is 6.38. The summed E-state index contributed by atoms with van der Waals surface area (Å²) >= 11 is 0. The van der Waals surface area contributed by atoms with Gasteiger partial charge in [0.15, 0.2) is 0 Å². The molecule has 1 fully saturated rings. The van der Waals surface area contributed by atoms with E-state index < -0.39 is 0 Å². The predicted octanol–water partition coefficient (Wildman–Crippen LogP) is 1.54. The van der Waals surface area contributed by atoms with Crippen molar-refractivity contribution in [1.82, 2.24) is 4.90 Å². The molecule has 1 amide bonds. The molecule has 1 aliphatic carbocycles. The second-order valence-electron chi connectivity index (χ2n) is 5.16. The minimum atomic E-state index is 0.229. The molecule has 1 aliphatic heterocycles. The lowest BCUT2D eigenvalue weighted by Crippen LogP contribution is -2.44. The van der Waals surface area contributed by atoms with Gasteiger partial charge in [-0.1, -0.05) is 12.2 Å². The van der Waals surface area contributed by atoms with E-state index in [1.165, 1.54) is 0 Å². The lowest BCUT2D eigenvalue weighted by molar-refractivity contribution is -0.136. The zero-order valence-electron chi connectivity index (χ0n) is 10.1. The second kappa shape index (κ2) is 5.00. The van der Waals surface area contributed by atoms with Gasteiger partial charge < -0.3 is 10.6 Å². The molecule has 3 heteroatoms. The van der Waals surface area contributed by atoms with Gasteiger partial charge in [0.2, 0.25) is 5.91 Å². The van der Waals surface area contributed by atoms with Crippen LogP contribution in [-0.2, 0) is 4.79 Å². The van der Waals surface area contributed by atoms with Crippen molar-refractivity contribution < 1.29 is 4.79 Å². The van der Waals surface area contributed by atoms with Crippen LogP contribution in [0.4, 0.5) is 0 Å². The number of piperidine rings is 1. The van der Waals surface area contributed by atoms with E-state index in [0.29, 0.717) is 11.8 Å². The Morgan fingerprint density at radius 2 is 1.88 bits per heavy atom. The van der Waals surface area contributed by atoms with Gasteiger partial charge in [-0.25, -0.2) is 0 Å². The van der Waals surface area contributed by atoms with Gasteiger partial charge in [-0.05, 0) is 38.5 Å². The van der Waals surface area contributed by atoms with Crippen LogP contribution in [0.25, 0.3) is 0 Å². The molecule has 0 saturated carbocycles. The molecule has 0 bridgehead atoms. The maximum absolute atomic E-state index is 12.1. The average molecular weight is 222 g/mol. The molecule has 1 atom stereocenters. The fourth-order valence-corrected chi connectivity index (χ4v) is 2.72. The SMILES string of the molecule is CC(N)C1CCN(C(=O)C2CC=CC2)CC1. The van der Waals surface area contributed by atoms with Crippen LogP contribution in [0.5, 0.6) is 0 Å². The molecule has 2 N–H and O–H groups in total. The van der Waals surface area contributed by atoms with Crippen LogP contribution in [0.1, 0.15) is 32.6 Å². The van der Waals surface area contributed by atoms with Gasteiger partial charge in [0, 0.05) is 25.0 Å². The molecule has 0 radical (unpaired) electrons. The lowest BCUT2D eigenvalue weighted by atomic mass is 9.90. The summed E-state index contributed by atoms with van der Waals surface area (Å²) in [4.78, 5) is 14.2. The van der Waals surface area contributed by atoms with E-state index in [9.17, 15) is 4.79 Å². The monoisotopic (exact) mass is 222 g/mol. The zero-order valence-corrected chi connectivity index (χ0v) is 10.1. The molecule has 90 valence electrons. The molecule has 1 unspecified atom stereocenters. The van der Waals surface area contributed by atoms with E-state index in [1.807, 2.05) is 4.90 Å². The van der Waals surface area contributed by atoms with Gasteiger partial charge in [0.05, 0.1) is 0 Å². The Morgan fingerprint density at radius 3 is 2.38 bits per heavy atom. The van der Waals surface area contributed by atoms with E-state index in [4.69, 9.17) is 5.73 Å². The van der Waals surface area contributed by atoms with E-state index in [1.54, 1.807) is 0 Å². The molecule has 2 aliphatic rings. The Labute approximate surface area is 97.7 Å². The number of nitrogens with zero attached hydrogens (tertiary/aromatic N) is 1. The van der Waals surface area contributed by atoms with Crippen molar-refractivity contribution in [2.45, 2.75) is 38.6 Å². The first-order chi connectivity index (χ1) is 7.68. The van der Waals surface area contributed by atoms with Crippen LogP contribution < -0.4 is 5.73 Å². The molecule has 0 aromatic rings. The Balaban J connectivity index is 1.82. The summed E-state index contributed by atoms with van der Waals surface area (Å²) < 4.78 is 0. The fourth-order valence-electron chi connectivity index (χ4n) is 2.72. The van der Waals surface area contributed by atoms with Crippen molar-refractivity contribution >= 4 is 5.91 Å². The van der Waals surface area contributed by atoms with Crippen LogP contribution in [0.3, 0.4) is 0 Å². The summed E-state index contributed by atoms with van der Waals surface area (Å²) in [6.07, 6.45) is 8.26. The highest BCUT2D eigenvalue weighted by Crippen LogP contribution is 2.25. The van der Waals surface area contributed by atoms with Crippen molar-refractivity contribution in [2.75, 3.05) is 13.1 Å². The van der Waals surface area contributed by atoms with Crippen LogP contribution in [-0.4, -0.2) is 29.9 Å². The van der Waals surface area contributed by atoms with Gasteiger partial charge in [0.25, 0.3) is 0 Å². The van der Waals surface area contributed by atoms with Crippen molar-refractivity contribution in [2.24, 2.45) is 17.6 Å². The highest BCUT2D eigenvalue weighted by atomic mass is 16.2. The zero-order chi connectivity index (χ0) is 11.5. The fraction of sp³-hybridized carbons (Fsp3) is 0.769. The summed E-state index contributed by atoms with van der Waals surface area (Å²) in [5.41, 5.74) is 5.90. The minimum Gasteiger partial charge on any atom is -0.342 e. The van der Waals surface area contributed by atoms with Gasteiger partial charge in [0.1, 0.15) is 0 Å². The van der Waals surface area contributed by atoms with E-state index in [-0.39, 0.29) is 12.0 Å². The van der Waals surface area contributed by atoms with E-state index in [2.05, 4.69) is 19.1 Å². The average Bonchev–Trinajstić information content (AvgIpc) is 2.81. The van der Waals surface area contributed by atoms with Crippen LogP contribution in [0.15, 0.2) is 12.2 Å². The number of likely N-dealkylation sites (tertiary alicyclic amines) is 1. The summed E-state index contributed by atoms with van der Waals surface area (Å²) in [6, 6.07) is 0.269. The minimum absolute atomic E-state index is 0.229. The van der Waals surface area contributed by atoms with Crippen LogP contribution in [0, 0.1) is 11.8 Å². The second-order valence-corrected chi connectivity index (χ2v) is 5.16. The standard InChI is InChI=1S/C13H22N2O/c1-10(14)11-6-8-15(9-7-11)13(16)12-4-2-3-5-12/h2-3,10-12H,4-9,14H2,1H3. The Bertz CT molecular complexity index is 270. The Kier molecular flexibility index (Phi) is 3.64. The van der Waals surface area contributed by atoms with Crippen molar-refractivity contribution in [3.05, 3.63) is 12.2 Å². The quantitative estimate of drug-likeness (QED) is 0.720. The van der Waals surface area contributed by atoms with Crippen molar-refractivity contribution in [3.8, 4) is 0 Å². The normalized spacial score (nSPS) is 25.0. The highest BCUT2D eigenvalue weighted by molar-refractivity contribution is 5.79. The largest absolute Gasteiger partial charge is 0.342 e. The Hall–Kier alpha value is -0.830. The number of hydrogen-bond donors (Lipinski definition) is 1. The van der Waals surface area contributed by atoms with Gasteiger partial charge in [-0.3, -0.25) is 4.79 Å². The summed E-state index contributed by atoms with van der Waals surface area (Å²) in [6.45, 7) is 3.88. The number of rotatable bonds is 2. The molecule has 0 aromatic heterocycles. The predicted molar refractivity (Wildman–Crippen MR) is 64.8 cm³/mol. The van der Waals surface area contributed by atoms with Crippen molar-refractivity contribution in [3.63, 3.8) is 0 Å². The van der Waals surface area contributed by atoms with Crippen LogP contribution in [0.2, 0.25) is 0 Å². The summed E-state index contributed by atoms with van der Waals surface area (Å²) in [7, 11) is 0. The molecule has 3 nitrogen and oxygen atoms in total. The molecule has 1 saturated heterocycles. The molecule has 0 spiro atoms. The number of carbonyl (C=O) groups is 1. The smallest absolute Gasteiger partial charge is 0.226 e. The van der Waals surface area contributed by atoms with Crippen LogP contribution >= 0.6 is 0 Å². The number of nitrogens with two attached hydrogens (primary N) is 1. The number of allylic oxidation sites excluding steroid dienone is 2. The lowest BCUT2D eigenvalue weighted by Gasteiger charge is -2.35. The molecule has 16 heavy (non-hydrogen) atoms. The maximum atomic E-state index is 12.1.